The van der Waals surface area contributed by atoms with Gasteiger partial charge in [-0.15, -0.1) is 0 Å². The summed E-state index contributed by atoms with van der Waals surface area (Å²) < 4.78 is 10.8. The minimum absolute atomic E-state index is 0.378. The first-order valence-electron chi connectivity index (χ1n) is 5.97. The zero-order valence-electron chi connectivity index (χ0n) is 10.7. The van der Waals surface area contributed by atoms with Gasteiger partial charge in [0.15, 0.2) is 0 Å². The maximum Gasteiger partial charge on any atom is 0.339 e. The lowest BCUT2D eigenvalue weighted by atomic mass is 10.2. The lowest BCUT2D eigenvalue weighted by Gasteiger charge is -2.11. The zero-order chi connectivity index (χ0) is 13.0. The van der Waals surface area contributed by atoms with E-state index < -0.39 is 0 Å². The molecule has 0 amide bonds. The fourth-order valence-electron chi connectivity index (χ4n) is 1.76. The molecule has 0 fully saturated rings. The van der Waals surface area contributed by atoms with Crippen molar-refractivity contribution in [1.82, 2.24) is 4.90 Å². The second-order valence-corrected chi connectivity index (χ2v) is 4.43. The summed E-state index contributed by atoms with van der Waals surface area (Å²) >= 11 is 0. The van der Waals surface area contributed by atoms with Gasteiger partial charge in [-0.1, -0.05) is 12.1 Å². The van der Waals surface area contributed by atoms with Crippen molar-refractivity contribution in [3.8, 4) is 5.75 Å². The van der Waals surface area contributed by atoms with Crippen LogP contribution in [0, 0.1) is 0 Å². The molecule has 0 N–H and O–H groups in total. The fraction of sp³-hybridized carbons (Fsp3) is 0.357. The minimum Gasteiger partial charge on any atom is -0.492 e. The Balaban J connectivity index is 2.14. The number of hydrogen-bond acceptors (Lipinski definition) is 4. The number of hydrogen-bond donors (Lipinski definition) is 0. The van der Waals surface area contributed by atoms with E-state index in [0.717, 1.165) is 18.4 Å². The Morgan fingerprint density at radius 1 is 1.28 bits per heavy atom. The summed E-state index contributed by atoms with van der Waals surface area (Å²) in [5.74, 6) is 0.598. The second kappa shape index (κ2) is 5.69. The summed E-state index contributed by atoms with van der Waals surface area (Å²) in [4.78, 5) is 13.5. The summed E-state index contributed by atoms with van der Waals surface area (Å²) in [6, 6.07) is 8.79. The number of benzene rings is 1. The molecule has 4 nitrogen and oxygen atoms in total. The highest BCUT2D eigenvalue weighted by molar-refractivity contribution is 5.82. The average molecular weight is 247 g/mol. The van der Waals surface area contributed by atoms with Crippen LogP contribution in [0.15, 0.2) is 39.5 Å². The van der Waals surface area contributed by atoms with Crippen molar-refractivity contribution in [2.24, 2.45) is 0 Å². The molecule has 0 saturated heterocycles. The van der Waals surface area contributed by atoms with E-state index in [1.807, 2.05) is 32.3 Å². The van der Waals surface area contributed by atoms with Crippen LogP contribution in [0.4, 0.5) is 0 Å². The van der Waals surface area contributed by atoms with Crippen LogP contribution in [-0.4, -0.2) is 32.1 Å². The van der Waals surface area contributed by atoms with Crippen LogP contribution in [0.2, 0.25) is 0 Å². The van der Waals surface area contributed by atoms with Gasteiger partial charge in [0.25, 0.3) is 0 Å². The van der Waals surface area contributed by atoms with E-state index in [2.05, 4.69) is 4.90 Å². The van der Waals surface area contributed by atoms with Crippen LogP contribution >= 0.6 is 0 Å². The van der Waals surface area contributed by atoms with Gasteiger partial charge in [-0.2, -0.15) is 0 Å². The maximum absolute atomic E-state index is 11.4. The molecule has 0 aliphatic rings. The Morgan fingerprint density at radius 2 is 2.06 bits per heavy atom. The van der Waals surface area contributed by atoms with Gasteiger partial charge in [-0.3, -0.25) is 0 Å². The summed E-state index contributed by atoms with van der Waals surface area (Å²) in [6.07, 6.45) is 0.918. The summed E-state index contributed by atoms with van der Waals surface area (Å²) in [7, 11) is 4.04. The molecular formula is C14H17NO3. The summed E-state index contributed by atoms with van der Waals surface area (Å²) in [5, 5.41) is 0.835. The van der Waals surface area contributed by atoms with Crippen molar-refractivity contribution in [2.75, 3.05) is 27.2 Å². The highest BCUT2D eigenvalue weighted by atomic mass is 16.5. The Labute approximate surface area is 106 Å². The first-order chi connectivity index (χ1) is 8.66. The molecule has 0 unspecified atom stereocenters. The third-order valence-electron chi connectivity index (χ3n) is 2.62. The van der Waals surface area contributed by atoms with Gasteiger partial charge < -0.3 is 14.1 Å². The number of nitrogens with zero attached hydrogens (tertiary/aromatic N) is 1. The third kappa shape index (κ3) is 3.11. The van der Waals surface area contributed by atoms with Crippen molar-refractivity contribution < 1.29 is 9.15 Å². The molecule has 0 atom stereocenters. The monoisotopic (exact) mass is 247 g/mol. The normalized spacial score (nSPS) is 11.1. The van der Waals surface area contributed by atoms with E-state index in [9.17, 15) is 4.79 Å². The van der Waals surface area contributed by atoms with E-state index in [-0.39, 0.29) is 5.63 Å². The molecule has 4 heteroatoms. The van der Waals surface area contributed by atoms with Crippen molar-refractivity contribution >= 4 is 11.0 Å². The number of para-hydroxylation sites is 1. The van der Waals surface area contributed by atoms with Gasteiger partial charge in [-0.25, -0.2) is 4.79 Å². The molecule has 1 aromatic carbocycles. The van der Waals surface area contributed by atoms with Crippen LogP contribution in [0.5, 0.6) is 5.75 Å². The molecule has 2 aromatic rings. The van der Waals surface area contributed by atoms with Crippen molar-refractivity contribution in [3.63, 3.8) is 0 Å². The highest BCUT2D eigenvalue weighted by Crippen LogP contribution is 2.23. The van der Waals surface area contributed by atoms with Crippen LogP contribution in [0.25, 0.3) is 11.0 Å². The van der Waals surface area contributed by atoms with Crippen molar-refractivity contribution in [2.45, 2.75) is 6.42 Å². The van der Waals surface area contributed by atoms with E-state index >= 15 is 0 Å². The fourth-order valence-corrected chi connectivity index (χ4v) is 1.76. The summed E-state index contributed by atoms with van der Waals surface area (Å²) in [6.45, 7) is 1.55. The Bertz CT molecular complexity index is 575. The number of fused-ring (bicyclic) bond motifs is 1. The molecule has 0 spiro atoms. The first-order valence-corrected chi connectivity index (χ1v) is 5.97. The zero-order valence-corrected chi connectivity index (χ0v) is 10.7. The van der Waals surface area contributed by atoms with Gasteiger partial charge in [0.2, 0.25) is 0 Å². The van der Waals surface area contributed by atoms with Gasteiger partial charge in [0, 0.05) is 6.54 Å². The number of ether oxygens (including phenoxy) is 1. The van der Waals surface area contributed by atoms with Crippen molar-refractivity contribution in [3.05, 3.63) is 40.8 Å². The van der Waals surface area contributed by atoms with Gasteiger partial charge in [-0.05, 0) is 32.6 Å². The molecule has 2 rings (SSSR count). The van der Waals surface area contributed by atoms with Crippen LogP contribution in [0.3, 0.4) is 0 Å². The molecule has 0 aliphatic heterocycles. The van der Waals surface area contributed by atoms with Gasteiger partial charge >= 0.3 is 5.63 Å². The number of rotatable bonds is 5. The van der Waals surface area contributed by atoms with E-state index in [4.69, 9.17) is 9.15 Å². The average Bonchev–Trinajstić information content (AvgIpc) is 2.34. The molecule has 0 saturated carbocycles. The molecule has 0 bridgehead atoms. The predicted molar refractivity (Wildman–Crippen MR) is 71.2 cm³/mol. The quantitative estimate of drug-likeness (QED) is 0.599. The first kappa shape index (κ1) is 12.6. The van der Waals surface area contributed by atoms with Crippen molar-refractivity contribution in [1.29, 1.82) is 0 Å². The molecular weight excluding hydrogens is 230 g/mol. The van der Waals surface area contributed by atoms with Crippen LogP contribution in [0.1, 0.15) is 6.42 Å². The Kier molecular flexibility index (Phi) is 3.99. The van der Waals surface area contributed by atoms with E-state index in [0.29, 0.717) is 17.9 Å². The summed E-state index contributed by atoms with van der Waals surface area (Å²) in [5.41, 5.74) is 0.184. The predicted octanol–water partition coefficient (Wildman–Crippen LogP) is 2.12. The van der Waals surface area contributed by atoms with Gasteiger partial charge in [0.05, 0.1) is 18.1 Å². The second-order valence-electron chi connectivity index (χ2n) is 4.43. The van der Waals surface area contributed by atoms with E-state index in [1.54, 1.807) is 6.07 Å². The molecule has 1 heterocycles. The lowest BCUT2D eigenvalue weighted by molar-refractivity contribution is 0.282. The maximum atomic E-state index is 11.4. The minimum atomic E-state index is -0.378. The van der Waals surface area contributed by atoms with Crippen LogP contribution in [-0.2, 0) is 0 Å². The third-order valence-corrected chi connectivity index (χ3v) is 2.62. The Morgan fingerprint density at radius 3 is 2.83 bits per heavy atom. The van der Waals surface area contributed by atoms with E-state index in [1.165, 1.54) is 6.07 Å². The lowest BCUT2D eigenvalue weighted by Crippen LogP contribution is -2.15. The molecule has 0 radical (unpaired) electrons. The smallest absolute Gasteiger partial charge is 0.339 e. The molecule has 1 aromatic heterocycles. The molecule has 18 heavy (non-hydrogen) atoms. The molecule has 0 aliphatic carbocycles. The standard InChI is InChI=1S/C14H17NO3/c1-15(2)8-5-9-17-13-10-14(16)18-12-7-4-3-6-11(12)13/h3-4,6-7,10H,5,8-9H2,1-2H3. The SMILES string of the molecule is CN(C)CCCOc1cc(=O)oc2ccccc12. The Hall–Kier alpha value is -1.81. The molecule has 96 valence electrons. The highest BCUT2D eigenvalue weighted by Gasteiger charge is 2.05. The van der Waals surface area contributed by atoms with Crippen LogP contribution < -0.4 is 10.4 Å². The topological polar surface area (TPSA) is 42.7 Å². The largest absolute Gasteiger partial charge is 0.492 e. The van der Waals surface area contributed by atoms with Gasteiger partial charge in [0.1, 0.15) is 11.3 Å².